The lowest BCUT2D eigenvalue weighted by molar-refractivity contribution is -0.121. The average Bonchev–Trinajstić information content (AvgIpc) is 3.28. The fourth-order valence-electron chi connectivity index (χ4n) is 2.55. The van der Waals surface area contributed by atoms with Crippen LogP contribution in [0.3, 0.4) is 0 Å². The first-order chi connectivity index (χ1) is 12.7. The van der Waals surface area contributed by atoms with Gasteiger partial charge < -0.3 is 18.9 Å². The minimum absolute atomic E-state index is 0.0489. The summed E-state index contributed by atoms with van der Waals surface area (Å²) >= 11 is 0. The molecular formula is C19H21N3O4. The van der Waals surface area contributed by atoms with E-state index in [2.05, 4.69) is 15.5 Å². The van der Waals surface area contributed by atoms with Gasteiger partial charge in [-0.15, -0.1) is 10.2 Å². The lowest BCUT2D eigenvalue weighted by Crippen LogP contribution is -2.25. The fourth-order valence-corrected chi connectivity index (χ4v) is 2.55. The van der Waals surface area contributed by atoms with Crippen molar-refractivity contribution in [3.8, 4) is 17.2 Å². The van der Waals surface area contributed by atoms with Gasteiger partial charge in [0.05, 0.1) is 18.9 Å². The number of methoxy groups -OCH3 is 1. The first kappa shape index (κ1) is 17.7. The van der Waals surface area contributed by atoms with Gasteiger partial charge in [-0.05, 0) is 37.1 Å². The third-order valence-corrected chi connectivity index (χ3v) is 3.99. The van der Waals surface area contributed by atoms with E-state index in [9.17, 15) is 4.79 Å². The smallest absolute Gasteiger partial charge is 0.251 e. The Kier molecular flexibility index (Phi) is 5.68. The summed E-state index contributed by atoms with van der Waals surface area (Å²) in [5.41, 5.74) is 1.88. The van der Waals surface area contributed by atoms with Crippen molar-refractivity contribution in [3.63, 3.8) is 0 Å². The normalized spacial score (nSPS) is 10.7. The van der Waals surface area contributed by atoms with E-state index < -0.39 is 0 Å². The summed E-state index contributed by atoms with van der Waals surface area (Å²) in [6.07, 6.45) is 3.01. The molecule has 3 rings (SSSR count). The third-order valence-electron chi connectivity index (χ3n) is 3.99. The molecular weight excluding hydrogens is 334 g/mol. The minimum Gasteiger partial charge on any atom is -0.497 e. The Labute approximate surface area is 151 Å². The van der Waals surface area contributed by atoms with Gasteiger partial charge in [0.15, 0.2) is 0 Å². The predicted octanol–water partition coefficient (Wildman–Crippen LogP) is 2.94. The second-order valence-electron chi connectivity index (χ2n) is 5.84. The molecule has 0 bridgehead atoms. The summed E-state index contributed by atoms with van der Waals surface area (Å²) < 4.78 is 16.0. The molecule has 136 valence electrons. The van der Waals surface area contributed by atoms with Crippen LogP contribution in [0.4, 0.5) is 0 Å². The molecule has 3 aromatic rings. The van der Waals surface area contributed by atoms with Crippen molar-refractivity contribution >= 4 is 5.91 Å². The standard InChI is InChI=1S/C19H21N3O4/c1-13-16(9-11-25-13)19-22-21-18(26-19)7-6-17(23)20-10-8-14-4-3-5-15(12-14)24-2/h3-5,9,11-12H,6-8,10H2,1-2H3,(H,20,23). The number of aryl methyl sites for hydroxylation is 2. The number of hydrogen-bond donors (Lipinski definition) is 1. The van der Waals surface area contributed by atoms with E-state index in [4.69, 9.17) is 13.6 Å². The maximum atomic E-state index is 12.0. The van der Waals surface area contributed by atoms with E-state index in [1.807, 2.05) is 31.2 Å². The molecule has 0 spiro atoms. The van der Waals surface area contributed by atoms with E-state index in [1.165, 1.54) is 0 Å². The molecule has 0 aliphatic heterocycles. The van der Waals surface area contributed by atoms with Crippen LogP contribution in [0, 0.1) is 6.92 Å². The number of hydrogen-bond acceptors (Lipinski definition) is 6. The largest absolute Gasteiger partial charge is 0.497 e. The van der Waals surface area contributed by atoms with Crippen molar-refractivity contribution in [1.29, 1.82) is 0 Å². The van der Waals surface area contributed by atoms with Gasteiger partial charge in [0.2, 0.25) is 11.8 Å². The highest BCUT2D eigenvalue weighted by Gasteiger charge is 2.13. The van der Waals surface area contributed by atoms with Crippen molar-refractivity contribution in [2.45, 2.75) is 26.2 Å². The van der Waals surface area contributed by atoms with Crippen molar-refractivity contribution < 1.29 is 18.4 Å². The molecule has 1 N–H and O–H groups in total. The van der Waals surface area contributed by atoms with Crippen LogP contribution in [-0.2, 0) is 17.6 Å². The molecule has 0 atom stereocenters. The number of nitrogens with one attached hydrogen (secondary N) is 1. The highest BCUT2D eigenvalue weighted by Crippen LogP contribution is 2.23. The minimum atomic E-state index is -0.0489. The molecule has 2 aromatic heterocycles. The summed E-state index contributed by atoms with van der Waals surface area (Å²) in [6.45, 7) is 2.39. The number of carbonyl (C=O) groups excluding carboxylic acids is 1. The van der Waals surface area contributed by atoms with E-state index in [0.29, 0.717) is 31.2 Å². The monoisotopic (exact) mass is 355 g/mol. The van der Waals surface area contributed by atoms with Gasteiger partial charge in [-0.3, -0.25) is 4.79 Å². The molecule has 7 heteroatoms. The van der Waals surface area contributed by atoms with Crippen LogP contribution in [0.1, 0.15) is 23.6 Å². The number of carbonyl (C=O) groups is 1. The topological polar surface area (TPSA) is 90.4 Å². The lowest BCUT2D eigenvalue weighted by atomic mass is 10.1. The fraction of sp³-hybridized carbons (Fsp3) is 0.316. The molecule has 0 aliphatic rings. The van der Waals surface area contributed by atoms with E-state index in [1.54, 1.807) is 19.4 Å². The Bertz CT molecular complexity index is 869. The number of furan rings is 1. The number of aromatic nitrogens is 2. The lowest BCUT2D eigenvalue weighted by Gasteiger charge is -2.06. The predicted molar refractivity (Wildman–Crippen MR) is 94.8 cm³/mol. The Morgan fingerprint density at radius 3 is 2.88 bits per heavy atom. The van der Waals surface area contributed by atoms with Crippen molar-refractivity contribution in [1.82, 2.24) is 15.5 Å². The molecule has 0 fully saturated rings. The molecule has 0 radical (unpaired) electrons. The molecule has 1 aromatic carbocycles. The molecule has 26 heavy (non-hydrogen) atoms. The first-order valence-electron chi connectivity index (χ1n) is 8.42. The molecule has 7 nitrogen and oxygen atoms in total. The van der Waals surface area contributed by atoms with Crippen LogP contribution < -0.4 is 10.1 Å². The quantitative estimate of drug-likeness (QED) is 0.668. The van der Waals surface area contributed by atoms with Crippen LogP contribution in [0.5, 0.6) is 5.75 Å². The Morgan fingerprint density at radius 1 is 1.23 bits per heavy atom. The molecule has 0 aliphatic carbocycles. The third kappa shape index (κ3) is 4.50. The SMILES string of the molecule is COc1cccc(CCNC(=O)CCc2nnc(-c3ccoc3C)o2)c1. The van der Waals surface area contributed by atoms with Crippen LogP contribution >= 0.6 is 0 Å². The van der Waals surface area contributed by atoms with Crippen molar-refractivity contribution in [2.24, 2.45) is 0 Å². The Hall–Kier alpha value is -3.09. The van der Waals surface area contributed by atoms with Gasteiger partial charge in [0.25, 0.3) is 5.89 Å². The zero-order valence-corrected chi connectivity index (χ0v) is 14.8. The van der Waals surface area contributed by atoms with Gasteiger partial charge in [-0.1, -0.05) is 12.1 Å². The summed E-state index contributed by atoms with van der Waals surface area (Å²) in [4.78, 5) is 12.0. The average molecular weight is 355 g/mol. The number of amides is 1. The van der Waals surface area contributed by atoms with Crippen molar-refractivity contribution in [2.75, 3.05) is 13.7 Å². The van der Waals surface area contributed by atoms with Gasteiger partial charge in [0, 0.05) is 19.4 Å². The zero-order chi connectivity index (χ0) is 18.4. The van der Waals surface area contributed by atoms with E-state index >= 15 is 0 Å². The van der Waals surface area contributed by atoms with Gasteiger partial charge in [-0.2, -0.15) is 0 Å². The highest BCUT2D eigenvalue weighted by molar-refractivity contribution is 5.76. The van der Waals surface area contributed by atoms with Crippen LogP contribution in [-0.4, -0.2) is 29.8 Å². The van der Waals surface area contributed by atoms with Gasteiger partial charge >= 0.3 is 0 Å². The van der Waals surface area contributed by atoms with Crippen LogP contribution in [0.2, 0.25) is 0 Å². The summed E-state index contributed by atoms with van der Waals surface area (Å²) in [7, 11) is 1.64. The number of ether oxygens (including phenoxy) is 1. The summed E-state index contributed by atoms with van der Waals surface area (Å²) in [5, 5.41) is 10.9. The highest BCUT2D eigenvalue weighted by atomic mass is 16.5. The van der Waals surface area contributed by atoms with Gasteiger partial charge in [0.1, 0.15) is 11.5 Å². The second-order valence-corrected chi connectivity index (χ2v) is 5.84. The number of rotatable bonds is 8. The van der Waals surface area contributed by atoms with Crippen LogP contribution in [0.15, 0.2) is 45.4 Å². The van der Waals surface area contributed by atoms with Gasteiger partial charge in [-0.25, -0.2) is 0 Å². The first-order valence-corrected chi connectivity index (χ1v) is 8.42. The molecule has 0 unspecified atom stereocenters. The number of benzene rings is 1. The maximum absolute atomic E-state index is 12.0. The molecule has 2 heterocycles. The van der Waals surface area contributed by atoms with E-state index in [-0.39, 0.29) is 5.91 Å². The summed E-state index contributed by atoms with van der Waals surface area (Å²) in [6, 6.07) is 9.57. The molecule has 0 saturated carbocycles. The zero-order valence-electron chi connectivity index (χ0n) is 14.8. The maximum Gasteiger partial charge on any atom is 0.251 e. The Morgan fingerprint density at radius 2 is 2.12 bits per heavy atom. The summed E-state index contributed by atoms with van der Waals surface area (Å²) in [5.74, 6) is 2.32. The molecule has 0 saturated heterocycles. The van der Waals surface area contributed by atoms with Crippen molar-refractivity contribution in [3.05, 3.63) is 53.8 Å². The number of nitrogens with zero attached hydrogens (tertiary/aromatic N) is 2. The van der Waals surface area contributed by atoms with Crippen LogP contribution in [0.25, 0.3) is 11.5 Å². The Balaban J connectivity index is 1.43. The second kappa shape index (κ2) is 8.33. The van der Waals surface area contributed by atoms with E-state index in [0.717, 1.165) is 29.1 Å². The molecule has 1 amide bonds.